The highest BCUT2D eigenvalue weighted by Crippen LogP contribution is 2.36. The van der Waals surface area contributed by atoms with E-state index in [0.717, 1.165) is 66.3 Å². The summed E-state index contributed by atoms with van der Waals surface area (Å²) in [6, 6.07) is 16.8. The standard InChI is InChI=1S/C30H33N3O2/c1-21-19-33(20-22(2)35-21)29-16-15-23(18-32-29)24-10-5-4-6-11-25-26(28-14-7-8-17-31-28)12-9-13-27(25)30(24)34-3/h5,7-10,12-18,21-22H,4,6,11,19-20H2,1-3H3/b10-5-,30-24-/t21-,22+. The highest BCUT2D eigenvalue weighted by Gasteiger charge is 2.24. The average Bonchev–Trinajstić information content (AvgIpc) is 2.97. The van der Waals surface area contributed by atoms with Crippen molar-refractivity contribution in [1.82, 2.24) is 9.97 Å². The van der Waals surface area contributed by atoms with Gasteiger partial charge in [-0.2, -0.15) is 0 Å². The van der Waals surface area contributed by atoms with Gasteiger partial charge in [0, 0.05) is 47.7 Å². The number of methoxy groups -OCH3 is 1. The molecule has 35 heavy (non-hydrogen) atoms. The highest BCUT2D eigenvalue weighted by molar-refractivity contribution is 5.94. The normalized spacial score (nSPS) is 23.6. The lowest BCUT2D eigenvalue weighted by Crippen LogP contribution is -2.45. The molecule has 0 radical (unpaired) electrons. The molecule has 0 spiro atoms. The van der Waals surface area contributed by atoms with Gasteiger partial charge in [-0.25, -0.2) is 4.98 Å². The van der Waals surface area contributed by atoms with Crippen LogP contribution in [0.2, 0.25) is 0 Å². The molecule has 0 unspecified atom stereocenters. The fraction of sp³-hybridized carbons (Fsp3) is 0.333. The maximum Gasteiger partial charge on any atom is 0.134 e. The molecular formula is C30H33N3O2. The summed E-state index contributed by atoms with van der Waals surface area (Å²) in [5.41, 5.74) is 6.67. The Labute approximate surface area is 208 Å². The molecule has 180 valence electrons. The van der Waals surface area contributed by atoms with E-state index in [4.69, 9.17) is 14.5 Å². The first-order chi connectivity index (χ1) is 17.1. The van der Waals surface area contributed by atoms with Gasteiger partial charge in [-0.15, -0.1) is 0 Å². The van der Waals surface area contributed by atoms with E-state index in [2.05, 4.69) is 72.3 Å². The summed E-state index contributed by atoms with van der Waals surface area (Å²) < 4.78 is 12.0. The Hall–Kier alpha value is -3.44. The summed E-state index contributed by atoms with van der Waals surface area (Å²) in [4.78, 5) is 11.8. The van der Waals surface area contributed by atoms with Gasteiger partial charge in [-0.3, -0.25) is 4.98 Å². The van der Waals surface area contributed by atoms with Gasteiger partial charge in [0.25, 0.3) is 0 Å². The largest absolute Gasteiger partial charge is 0.495 e. The van der Waals surface area contributed by atoms with Gasteiger partial charge in [0.1, 0.15) is 11.6 Å². The van der Waals surface area contributed by atoms with Crippen LogP contribution in [0.5, 0.6) is 0 Å². The van der Waals surface area contributed by atoms with Gasteiger partial charge in [-0.1, -0.05) is 36.4 Å². The van der Waals surface area contributed by atoms with E-state index in [1.807, 2.05) is 24.5 Å². The number of rotatable bonds is 4. The van der Waals surface area contributed by atoms with Crippen LogP contribution in [0.3, 0.4) is 0 Å². The van der Waals surface area contributed by atoms with Gasteiger partial charge >= 0.3 is 0 Å². The Morgan fingerprint density at radius 1 is 0.943 bits per heavy atom. The molecule has 0 amide bonds. The van der Waals surface area contributed by atoms with Crippen molar-refractivity contribution in [1.29, 1.82) is 0 Å². The molecule has 1 fully saturated rings. The number of anilines is 1. The highest BCUT2D eigenvalue weighted by atomic mass is 16.5. The summed E-state index contributed by atoms with van der Waals surface area (Å²) in [5, 5.41) is 0. The van der Waals surface area contributed by atoms with Crippen LogP contribution in [-0.4, -0.2) is 42.4 Å². The van der Waals surface area contributed by atoms with Crippen LogP contribution in [0, 0.1) is 0 Å². The average molecular weight is 468 g/mol. The number of nitrogens with zero attached hydrogens (tertiary/aromatic N) is 3. The second-order valence-corrected chi connectivity index (χ2v) is 9.36. The van der Waals surface area contributed by atoms with E-state index in [0.29, 0.717) is 0 Å². The monoisotopic (exact) mass is 467 g/mol. The van der Waals surface area contributed by atoms with Crippen LogP contribution in [-0.2, 0) is 15.9 Å². The van der Waals surface area contributed by atoms with Gasteiger partial charge in [-0.05, 0) is 62.9 Å². The maximum atomic E-state index is 6.09. The van der Waals surface area contributed by atoms with Crippen LogP contribution < -0.4 is 4.90 Å². The molecule has 0 N–H and O–H groups in total. The molecule has 3 aromatic rings. The Morgan fingerprint density at radius 2 is 1.77 bits per heavy atom. The van der Waals surface area contributed by atoms with Crippen molar-refractivity contribution in [3.8, 4) is 11.3 Å². The lowest BCUT2D eigenvalue weighted by molar-refractivity contribution is -0.00545. The van der Waals surface area contributed by atoms with Crippen LogP contribution in [0.1, 0.15) is 43.4 Å². The molecule has 1 aliphatic heterocycles. The fourth-order valence-electron chi connectivity index (χ4n) is 5.19. The van der Waals surface area contributed by atoms with E-state index < -0.39 is 0 Å². The Kier molecular flexibility index (Phi) is 6.96. The second-order valence-electron chi connectivity index (χ2n) is 9.36. The van der Waals surface area contributed by atoms with E-state index >= 15 is 0 Å². The lowest BCUT2D eigenvalue weighted by atomic mass is 9.92. The molecule has 2 aromatic heterocycles. The third-order valence-corrected chi connectivity index (χ3v) is 6.69. The van der Waals surface area contributed by atoms with Crippen molar-refractivity contribution in [2.75, 3.05) is 25.1 Å². The quantitative estimate of drug-likeness (QED) is 0.460. The third-order valence-electron chi connectivity index (χ3n) is 6.69. The number of allylic oxidation sites excluding steroid dienone is 3. The van der Waals surface area contributed by atoms with Crippen molar-refractivity contribution in [2.24, 2.45) is 0 Å². The molecular weight excluding hydrogens is 434 g/mol. The predicted molar refractivity (Wildman–Crippen MR) is 142 cm³/mol. The topological polar surface area (TPSA) is 47.5 Å². The molecule has 2 aliphatic rings. The number of fused-ring (bicyclic) bond motifs is 1. The number of ether oxygens (including phenoxy) is 2. The summed E-state index contributed by atoms with van der Waals surface area (Å²) in [6.07, 6.45) is 11.7. The second kappa shape index (κ2) is 10.4. The molecule has 0 bridgehead atoms. The van der Waals surface area contributed by atoms with E-state index in [1.54, 1.807) is 7.11 Å². The van der Waals surface area contributed by atoms with Crippen molar-refractivity contribution < 1.29 is 9.47 Å². The summed E-state index contributed by atoms with van der Waals surface area (Å²) >= 11 is 0. The van der Waals surface area contributed by atoms with Gasteiger partial charge in [0.15, 0.2) is 0 Å². The minimum absolute atomic E-state index is 0.199. The first-order valence-electron chi connectivity index (χ1n) is 12.5. The van der Waals surface area contributed by atoms with Crippen LogP contribution in [0.4, 0.5) is 5.82 Å². The number of morpholine rings is 1. The van der Waals surface area contributed by atoms with E-state index in [-0.39, 0.29) is 12.2 Å². The molecule has 0 saturated carbocycles. The molecule has 5 nitrogen and oxygen atoms in total. The summed E-state index contributed by atoms with van der Waals surface area (Å²) in [5.74, 6) is 1.86. The Bertz CT molecular complexity index is 1210. The van der Waals surface area contributed by atoms with Crippen molar-refractivity contribution in [3.63, 3.8) is 0 Å². The van der Waals surface area contributed by atoms with Gasteiger partial charge in [0.05, 0.1) is 25.0 Å². The van der Waals surface area contributed by atoms with Gasteiger partial charge < -0.3 is 14.4 Å². The first-order valence-corrected chi connectivity index (χ1v) is 12.5. The summed E-state index contributed by atoms with van der Waals surface area (Å²) in [7, 11) is 1.76. The Balaban J connectivity index is 1.57. The number of hydrogen-bond acceptors (Lipinski definition) is 5. The van der Waals surface area contributed by atoms with E-state index in [1.165, 1.54) is 11.1 Å². The zero-order valence-electron chi connectivity index (χ0n) is 20.8. The van der Waals surface area contributed by atoms with Crippen molar-refractivity contribution >= 4 is 17.2 Å². The minimum Gasteiger partial charge on any atom is -0.495 e. The van der Waals surface area contributed by atoms with Crippen molar-refractivity contribution in [3.05, 3.63) is 89.8 Å². The lowest BCUT2D eigenvalue weighted by Gasteiger charge is -2.36. The summed E-state index contributed by atoms with van der Waals surface area (Å²) in [6.45, 7) is 5.94. The minimum atomic E-state index is 0.199. The molecule has 5 heteroatoms. The molecule has 1 aromatic carbocycles. The third kappa shape index (κ3) is 5.01. The smallest absolute Gasteiger partial charge is 0.134 e. The maximum absolute atomic E-state index is 6.09. The van der Waals surface area contributed by atoms with Gasteiger partial charge in [0.2, 0.25) is 0 Å². The fourth-order valence-corrected chi connectivity index (χ4v) is 5.19. The number of benzene rings is 1. The molecule has 5 rings (SSSR count). The van der Waals surface area contributed by atoms with Crippen LogP contribution in [0.15, 0.2) is 73.1 Å². The SMILES string of the molecule is CO/C1=C(c2ccc(N3C[C@@H](C)O[C@@H](C)C3)nc2)/C=C\CCCc2c1cccc2-c1ccccn1. The molecule has 2 atom stereocenters. The predicted octanol–water partition coefficient (Wildman–Crippen LogP) is 6.16. The number of pyridine rings is 2. The van der Waals surface area contributed by atoms with Crippen molar-refractivity contribution in [2.45, 2.75) is 45.3 Å². The zero-order valence-corrected chi connectivity index (χ0v) is 20.8. The van der Waals surface area contributed by atoms with Crippen LogP contribution >= 0.6 is 0 Å². The zero-order chi connectivity index (χ0) is 24.2. The Morgan fingerprint density at radius 3 is 2.49 bits per heavy atom. The molecule has 1 aliphatic carbocycles. The van der Waals surface area contributed by atoms with E-state index in [9.17, 15) is 0 Å². The van der Waals surface area contributed by atoms with Crippen LogP contribution in [0.25, 0.3) is 22.6 Å². The number of aromatic nitrogens is 2. The first kappa shape index (κ1) is 23.3. The molecule has 1 saturated heterocycles. The molecule has 3 heterocycles. The number of hydrogen-bond donors (Lipinski definition) is 0.